The van der Waals surface area contributed by atoms with E-state index >= 15 is 0 Å². The second-order valence-electron chi connectivity index (χ2n) is 5.05. The molecular weight excluding hydrogens is 277 g/mol. The van der Waals surface area contributed by atoms with Crippen LogP contribution in [0.5, 0.6) is 0 Å². The third-order valence-electron chi connectivity index (χ3n) is 3.89. The van der Waals surface area contributed by atoms with E-state index in [1.807, 2.05) is 0 Å². The van der Waals surface area contributed by atoms with E-state index < -0.39 is 5.82 Å². The lowest BCUT2D eigenvalue weighted by atomic mass is 10.1. The molecule has 0 unspecified atom stereocenters. The molecule has 2 rings (SSSR count). The van der Waals surface area contributed by atoms with Gasteiger partial charge in [-0.3, -0.25) is 4.79 Å². The van der Waals surface area contributed by atoms with Gasteiger partial charge in [-0.2, -0.15) is 11.8 Å². The molecule has 4 nitrogen and oxygen atoms in total. The Hall–Kier alpha value is -1.30. The Balaban J connectivity index is 2.05. The number of hydrogen-bond donors (Lipinski definition) is 2. The minimum absolute atomic E-state index is 0.0404. The third kappa shape index (κ3) is 3.06. The van der Waals surface area contributed by atoms with Crippen molar-refractivity contribution in [3.63, 3.8) is 0 Å². The molecule has 0 aliphatic heterocycles. The van der Waals surface area contributed by atoms with Gasteiger partial charge in [-0.05, 0) is 25.2 Å². The highest BCUT2D eigenvalue weighted by Gasteiger charge is 2.33. The zero-order chi connectivity index (χ0) is 14.6. The van der Waals surface area contributed by atoms with E-state index in [1.54, 1.807) is 18.8 Å². The van der Waals surface area contributed by atoms with E-state index in [1.165, 1.54) is 25.1 Å². The number of hydrogen-bond acceptors (Lipinski definition) is 4. The van der Waals surface area contributed by atoms with Crippen molar-refractivity contribution in [1.29, 1.82) is 0 Å². The summed E-state index contributed by atoms with van der Waals surface area (Å²) in [5.41, 5.74) is 0.0404. The number of rotatable bonds is 5. The summed E-state index contributed by atoms with van der Waals surface area (Å²) in [5.74, 6) is -0.878. The molecule has 110 valence electrons. The maximum Gasteiger partial charge on any atom is 0.254 e. The summed E-state index contributed by atoms with van der Waals surface area (Å²) >= 11 is 1.80. The molecule has 1 aromatic rings. The first-order valence-corrected chi connectivity index (χ1v) is 8.00. The topological polar surface area (TPSA) is 54.0 Å². The van der Waals surface area contributed by atoms with Gasteiger partial charge in [0.05, 0.1) is 5.56 Å². The van der Waals surface area contributed by atoms with Crippen LogP contribution in [-0.4, -0.2) is 35.5 Å². The molecule has 0 spiro atoms. The van der Waals surface area contributed by atoms with Gasteiger partial charge < -0.3 is 10.6 Å². The number of pyridine rings is 1. The zero-order valence-corrected chi connectivity index (χ0v) is 12.6. The standard InChI is InChI=1S/C14H20FN3OS/c1-16-12-11(15)10(5-8-17-12)13(19)18-9-14(20-2)6-3-4-7-14/h5,8H,3-4,6-7,9H2,1-2H3,(H,16,17)(H,18,19). The number of amides is 1. The van der Waals surface area contributed by atoms with Crippen LogP contribution in [0.25, 0.3) is 0 Å². The fourth-order valence-corrected chi connectivity index (χ4v) is 3.52. The monoisotopic (exact) mass is 297 g/mol. The van der Waals surface area contributed by atoms with Gasteiger partial charge in [0.1, 0.15) is 0 Å². The second-order valence-corrected chi connectivity index (χ2v) is 6.32. The maximum absolute atomic E-state index is 14.0. The molecule has 1 amide bonds. The predicted molar refractivity (Wildman–Crippen MR) is 80.8 cm³/mol. The number of nitrogens with zero attached hydrogens (tertiary/aromatic N) is 1. The summed E-state index contributed by atoms with van der Waals surface area (Å²) in [6.45, 7) is 0.587. The average Bonchev–Trinajstić information content (AvgIpc) is 2.94. The smallest absolute Gasteiger partial charge is 0.254 e. The van der Waals surface area contributed by atoms with Gasteiger partial charge in [0.25, 0.3) is 5.91 Å². The number of halogens is 1. The van der Waals surface area contributed by atoms with E-state index in [9.17, 15) is 9.18 Å². The zero-order valence-electron chi connectivity index (χ0n) is 11.8. The summed E-state index contributed by atoms with van der Waals surface area (Å²) in [7, 11) is 1.58. The summed E-state index contributed by atoms with van der Waals surface area (Å²) in [4.78, 5) is 16.0. The van der Waals surface area contributed by atoms with E-state index in [-0.39, 0.29) is 22.0 Å². The lowest BCUT2D eigenvalue weighted by Gasteiger charge is -2.26. The molecule has 1 fully saturated rings. The number of carbonyl (C=O) groups excluding carboxylic acids is 1. The minimum Gasteiger partial charge on any atom is -0.371 e. The van der Waals surface area contributed by atoms with Crippen LogP contribution in [0.1, 0.15) is 36.0 Å². The molecule has 1 aromatic heterocycles. The molecule has 1 heterocycles. The first-order valence-electron chi connectivity index (χ1n) is 6.77. The van der Waals surface area contributed by atoms with Gasteiger partial charge in [0.2, 0.25) is 0 Å². The quantitative estimate of drug-likeness (QED) is 0.877. The summed E-state index contributed by atoms with van der Waals surface area (Å²) in [6, 6.07) is 1.41. The van der Waals surface area contributed by atoms with Crippen LogP contribution >= 0.6 is 11.8 Å². The maximum atomic E-state index is 14.0. The lowest BCUT2D eigenvalue weighted by Crippen LogP contribution is -2.38. The highest BCUT2D eigenvalue weighted by atomic mass is 32.2. The van der Waals surface area contributed by atoms with Crippen molar-refractivity contribution in [3.8, 4) is 0 Å². The Morgan fingerprint density at radius 2 is 2.20 bits per heavy atom. The predicted octanol–water partition coefficient (Wildman–Crippen LogP) is 2.67. The number of carbonyl (C=O) groups is 1. The van der Waals surface area contributed by atoms with Crippen LogP contribution in [0, 0.1) is 5.82 Å². The van der Waals surface area contributed by atoms with Crippen LogP contribution in [-0.2, 0) is 0 Å². The van der Waals surface area contributed by atoms with Crippen molar-refractivity contribution in [1.82, 2.24) is 10.3 Å². The van der Waals surface area contributed by atoms with Crippen LogP contribution in [0.15, 0.2) is 12.3 Å². The minimum atomic E-state index is -0.600. The van der Waals surface area contributed by atoms with Gasteiger partial charge in [-0.1, -0.05) is 12.8 Å². The second kappa shape index (κ2) is 6.43. The summed E-state index contributed by atoms with van der Waals surface area (Å²) in [6.07, 6.45) is 8.12. The first kappa shape index (κ1) is 15.1. The Morgan fingerprint density at radius 3 is 2.80 bits per heavy atom. The van der Waals surface area contributed by atoms with Gasteiger partial charge in [-0.15, -0.1) is 0 Å². The largest absolute Gasteiger partial charge is 0.371 e. The SMILES string of the molecule is CNc1nccc(C(=O)NCC2(SC)CCCC2)c1F. The first-order chi connectivity index (χ1) is 9.62. The van der Waals surface area contributed by atoms with Crippen molar-refractivity contribution in [2.75, 3.05) is 25.2 Å². The molecule has 1 saturated carbocycles. The fourth-order valence-electron chi connectivity index (χ4n) is 2.60. The molecule has 2 N–H and O–H groups in total. The van der Waals surface area contributed by atoms with E-state index in [0.717, 1.165) is 12.8 Å². The molecule has 0 atom stereocenters. The van der Waals surface area contributed by atoms with Crippen LogP contribution in [0.3, 0.4) is 0 Å². The average molecular weight is 297 g/mol. The van der Waals surface area contributed by atoms with Crippen molar-refractivity contribution in [2.45, 2.75) is 30.4 Å². The molecule has 0 aromatic carbocycles. The molecule has 1 aliphatic carbocycles. The van der Waals surface area contributed by atoms with E-state index in [4.69, 9.17) is 0 Å². The normalized spacial score (nSPS) is 16.9. The Bertz CT molecular complexity index is 489. The Kier molecular flexibility index (Phi) is 4.86. The molecule has 0 bridgehead atoms. The lowest BCUT2D eigenvalue weighted by molar-refractivity contribution is 0.0945. The molecule has 0 radical (unpaired) electrons. The van der Waals surface area contributed by atoms with Gasteiger partial charge in [0.15, 0.2) is 11.6 Å². The molecule has 20 heavy (non-hydrogen) atoms. The Morgan fingerprint density at radius 1 is 1.50 bits per heavy atom. The van der Waals surface area contributed by atoms with Gasteiger partial charge in [0, 0.05) is 24.5 Å². The van der Waals surface area contributed by atoms with Gasteiger partial charge in [-0.25, -0.2) is 9.37 Å². The van der Waals surface area contributed by atoms with Crippen molar-refractivity contribution < 1.29 is 9.18 Å². The number of thioether (sulfide) groups is 1. The molecular formula is C14H20FN3OS. The van der Waals surface area contributed by atoms with E-state index in [0.29, 0.717) is 6.54 Å². The summed E-state index contributed by atoms with van der Waals surface area (Å²) in [5, 5.41) is 5.51. The van der Waals surface area contributed by atoms with Crippen LogP contribution in [0.4, 0.5) is 10.2 Å². The third-order valence-corrected chi connectivity index (χ3v) is 5.31. The number of nitrogens with one attached hydrogen (secondary N) is 2. The van der Waals surface area contributed by atoms with Crippen LogP contribution < -0.4 is 10.6 Å². The highest BCUT2D eigenvalue weighted by Crippen LogP contribution is 2.39. The molecule has 1 aliphatic rings. The Labute approximate surface area is 122 Å². The highest BCUT2D eigenvalue weighted by molar-refractivity contribution is 8.00. The van der Waals surface area contributed by atoms with Crippen molar-refractivity contribution >= 4 is 23.5 Å². The van der Waals surface area contributed by atoms with Gasteiger partial charge >= 0.3 is 0 Å². The number of aromatic nitrogens is 1. The van der Waals surface area contributed by atoms with Crippen molar-refractivity contribution in [2.24, 2.45) is 0 Å². The molecule has 0 saturated heterocycles. The number of anilines is 1. The van der Waals surface area contributed by atoms with Crippen molar-refractivity contribution in [3.05, 3.63) is 23.6 Å². The van der Waals surface area contributed by atoms with E-state index in [2.05, 4.69) is 21.9 Å². The van der Waals surface area contributed by atoms with Crippen LogP contribution in [0.2, 0.25) is 0 Å². The fraction of sp³-hybridized carbons (Fsp3) is 0.571. The summed E-state index contributed by atoms with van der Waals surface area (Å²) < 4.78 is 14.1. The molecule has 6 heteroatoms.